The van der Waals surface area contributed by atoms with Crippen molar-refractivity contribution >= 4 is 62.4 Å². The molecule has 1 aliphatic carbocycles. The molecule has 4 nitrogen and oxygen atoms in total. The molecule has 0 aromatic heterocycles. The van der Waals surface area contributed by atoms with Gasteiger partial charge in [-0.25, -0.2) is 0 Å². The molecule has 1 unspecified atom stereocenters. The molecule has 198 valence electrons. The first-order chi connectivity index (χ1) is 18.7. The van der Waals surface area contributed by atoms with Crippen molar-refractivity contribution in [2.45, 2.75) is 49.7 Å². The maximum atomic E-state index is 13.6. The smallest absolute Gasteiger partial charge is 0.161 e. The van der Waals surface area contributed by atoms with Gasteiger partial charge in [0.1, 0.15) is 5.82 Å². The van der Waals surface area contributed by atoms with E-state index in [0.717, 1.165) is 49.4 Å². The van der Waals surface area contributed by atoms with Crippen LogP contribution in [-0.4, -0.2) is 5.78 Å². The lowest BCUT2D eigenvalue weighted by molar-refractivity contribution is -0.116. The second-order valence-corrected chi connectivity index (χ2v) is 12.6. The highest BCUT2D eigenvalue weighted by Crippen LogP contribution is 2.48. The number of nitriles is 1. The lowest BCUT2D eigenvalue weighted by Gasteiger charge is -2.40. The highest BCUT2D eigenvalue weighted by Gasteiger charge is 2.41. The number of benzene rings is 3. The summed E-state index contributed by atoms with van der Waals surface area (Å²) in [6.45, 7) is 4.10. The molecule has 0 spiro atoms. The zero-order valence-electron chi connectivity index (χ0n) is 21.5. The van der Waals surface area contributed by atoms with Crippen molar-refractivity contribution in [2.24, 2.45) is 5.73 Å². The maximum Gasteiger partial charge on any atom is 0.161 e. The fraction of sp³-hybridized carbons (Fsp3) is 0.226. The predicted octanol–water partition coefficient (Wildman–Crippen LogP) is 8.97. The normalized spacial score (nSPS) is 17.4. The van der Waals surface area contributed by atoms with Gasteiger partial charge in [-0.3, -0.25) is 9.69 Å². The van der Waals surface area contributed by atoms with Crippen LogP contribution in [0.15, 0.2) is 86.6 Å². The van der Waals surface area contributed by atoms with Crippen molar-refractivity contribution in [1.29, 1.82) is 5.26 Å². The molecule has 0 amide bonds. The second kappa shape index (κ2) is 11.4. The molecular formula is C31H26BrCl2N3OS. The highest BCUT2D eigenvalue weighted by atomic mass is 79.9. The summed E-state index contributed by atoms with van der Waals surface area (Å²) in [5.74, 6) is 0.606. The Morgan fingerprint density at radius 1 is 1.10 bits per heavy atom. The summed E-state index contributed by atoms with van der Waals surface area (Å²) in [7, 11) is 0. The van der Waals surface area contributed by atoms with E-state index >= 15 is 0 Å². The van der Waals surface area contributed by atoms with Gasteiger partial charge in [0.05, 0.1) is 22.6 Å². The number of carbonyl (C=O) groups is 1. The van der Waals surface area contributed by atoms with Gasteiger partial charge in [-0.1, -0.05) is 56.8 Å². The van der Waals surface area contributed by atoms with Crippen LogP contribution in [0.25, 0.3) is 0 Å². The number of anilines is 1. The van der Waals surface area contributed by atoms with Crippen molar-refractivity contribution in [3.63, 3.8) is 0 Å². The molecule has 5 rings (SSSR count). The number of allylic oxidation sites excluding steroid dienone is 3. The number of halogens is 3. The lowest BCUT2D eigenvalue weighted by atomic mass is 9.73. The molecule has 1 atom stereocenters. The van der Waals surface area contributed by atoms with Crippen molar-refractivity contribution < 1.29 is 4.79 Å². The molecule has 1 aliphatic heterocycles. The number of Topliss-reactive ketones (excluding diaryl/α,β-unsaturated/α-hetero) is 1. The molecule has 1 heterocycles. The Bertz CT molecular complexity index is 1590. The first-order valence-electron chi connectivity index (χ1n) is 12.6. The Morgan fingerprint density at radius 2 is 1.85 bits per heavy atom. The third-order valence-corrected chi connectivity index (χ3v) is 9.59. The van der Waals surface area contributed by atoms with E-state index in [0.29, 0.717) is 45.6 Å². The standard InChI is InChI=1S/C31H26BrCl2N3OS/c1-17-12-19(16-39-28-14-21(33)8-11-25(28)34)18(2)23(13-17)29-24(15-35)31(36)37(22-9-6-20(32)7-10-22)26-4-3-5-27(38)30(26)29/h6-14,29H,3-5,16,36H2,1-2H3. The molecule has 3 aromatic rings. The third kappa shape index (κ3) is 5.38. The predicted molar refractivity (Wildman–Crippen MR) is 164 cm³/mol. The quantitative estimate of drug-likeness (QED) is 0.282. The Morgan fingerprint density at radius 3 is 2.56 bits per heavy atom. The van der Waals surface area contributed by atoms with Crippen LogP contribution in [0.3, 0.4) is 0 Å². The second-order valence-electron chi connectivity index (χ2n) is 9.79. The van der Waals surface area contributed by atoms with Gasteiger partial charge in [0, 0.05) is 43.5 Å². The summed E-state index contributed by atoms with van der Waals surface area (Å²) in [6, 6.07) is 19.8. The van der Waals surface area contributed by atoms with Gasteiger partial charge in [-0.15, -0.1) is 11.8 Å². The monoisotopic (exact) mass is 637 g/mol. The van der Waals surface area contributed by atoms with E-state index in [-0.39, 0.29) is 5.78 Å². The number of ketones is 1. The average Bonchev–Trinajstić information content (AvgIpc) is 2.91. The molecule has 0 bridgehead atoms. The summed E-state index contributed by atoms with van der Waals surface area (Å²) in [6.07, 6.45) is 1.93. The molecular weight excluding hydrogens is 613 g/mol. The SMILES string of the molecule is Cc1cc(CSc2cc(Cl)ccc2Cl)c(C)c(C2C(C#N)=C(N)N(c3ccc(Br)cc3)C3=C2C(=O)CCC3)c1. The highest BCUT2D eigenvalue weighted by molar-refractivity contribution is 9.10. The molecule has 2 aliphatic rings. The number of hydrogen-bond donors (Lipinski definition) is 1. The molecule has 0 radical (unpaired) electrons. The van der Waals surface area contributed by atoms with Crippen LogP contribution >= 0.6 is 50.9 Å². The topological polar surface area (TPSA) is 70.1 Å². The largest absolute Gasteiger partial charge is 0.384 e. The van der Waals surface area contributed by atoms with Crippen molar-refractivity contribution in [3.8, 4) is 6.07 Å². The summed E-state index contributed by atoms with van der Waals surface area (Å²) < 4.78 is 0.943. The van der Waals surface area contributed by atoms with Crippen LogP contribution in [0.2, 0.25) is 10.0 Å². The van der Waals surface area contributed by atoms with Crippen LogP contribution in [0.1, 0.15) is 47.4 Å². The summed E-state index contributed by atoms with van der Waals surface area (Å²) >= 11 is 17.7. The fourth-order valence-corrected chi connectivity index (χ4v) is 7.25. The summed E-state index contributed by atoms with van der Waals surface area (Å²) in [5, 5.41) is 11.7. The van der Waals surface area contributed by atoms with Gasteiger partial charge in [-0.05, 0) is 85.8 Å². The number of nitrogens with zero attached hydrogens (tertiary/aromatic N) is 2. The molecule has 3 aromatic carbocycles. The lowest BCUT2D eigenvalue weighted by Crippen LogP contribution is -2.39. The fourth-order valence-electron chi connectivity index (χ4n) is 5.44. The van der Waals surface area contributed by atoms with Crippen LogP contribution in [-0.2, 0) is 10.5 Å². The van der Waals surface area contributed by atoms with Crippen LogP contribution < -0.4 is 10.6 Å². The number of aryl methyl sites for hydroxylation is 1. The maximum absolute atomic E-state index is 13.6. The van der Waals surface area contributed by atoms with Crippen LogP contribution in [0.5, 0.6) is 0 Å². The van der Waals surface area contributed by atoms with Gasteiger partial charge < -0.3 is 5.73 Å². The molecule has 8 heteroatoms. The van der Waals surface area contributed by atoms with E-state index in [1.54, 1.807) is 23.9 Å². The minimum atomic E-state index is -0.511. The number of nitrogens with two attached hydrogens (primary N) is 1. The molecule has 0 saturated carbocycles. The minimum absolute atomic E-state index is 0.0751. The van der Waals surface area contributed by atoms with Crippen molar-refractivity contribution in [2.75, 3.05) is 4.90 Å². The number of carbonyl (C=O) groups excluding carboxylic acids is 1. The van der Waals surface area contributed by atoms with E-state index in [1.165, 1.54) is 0 Å². The number of hydrogen-bond acceptors (Lipinski definition) is 5. The molecule has 0 fully saturated rings. The van der Waals surface area contributed by atoms with E-state index in [2.05, 4.69) is 41.1 Å². The Kier molecular flexibility index (Phi) is 8.16. The van der Waals surface area contributed by atoms with Gasteiger partial charge in [0.2, 0.25) is 0 Å². The minimum Gasteiger partial charge on any atom is -0.384 e. The van der Waals surface area contributed by atoms with E-state index in [1.807, 2.05) is 42.2 Å². The van der Waals surface area contributed by atoms with E-state index in [4.69, 9.17) is 28.9 Å². The van der Waals surface area contributed by atoms with Gasteiger partial charge >= 0.3 is 0 Å². The summed E-state index contributed by atoms with van der Waals surface area (Å²) in [5.41, 5.74) is 13.7. The molecule has 2 N–H and O–H groups in total. The first kappa shape index (κ1) is 27.9. The Hall–Kier alpha value is -2.69. The van der Waals surface area contributed by atoms with Crippen molar-refractivity contribution in [3.05, 3.63) is 114 Å². The van der Waals surface area contributed by atoms with Gasteiger partial charge in [0.25, 0.3) is 0 Å². The molecule has 0 saturated heterocycles. The number of rotatable bonds is 5. The van der Waals surface area contributed by atoms with Crippen LogP contribution in [0.4, 0.5) is 5.69 Å². The third-order valence-electron chi connectivity index (χ3n) is 7.29. The Balaban J connectivity index is 1.63. The zero-order valence-corrected chi connectivity index (χ0v) is 25.4. The average molecular weight is 639 g/mol. The first-order valence-corrected chi connectivity index (χ1v) is 15.1. The summed E-state index contributed by atoms with van der Waals surface area (Å²) in [4.78, 5) is 16.4. The Labute approximate surface area is 251 Å². The van der Waals surface area contributed by atoms with E-state index < -0.39 is 5.92 Å². The van der Waals surface area contributed by atoms with Crippen LogP contribution in [0, 0.1) is 25.2 Å². The zero-order chi connectivity index (χ0) is 27.8. The number of thioether (sulfide) groups is 1. The van der Waals surface area contributed by atoms with Gasteiger partial charge in [0.15, 0.2) is 5.78 Å². The van der Waals surface area contributed by atoms with Crippen molar-refractivity contribution in [1.82, 2.24) is 0 Å². The van der Waals surface area contributed by atoms with E-state index in [9.17, 15) is 10.1 Å². The van der Waals surface area contributed by atoms with Gasteiger partial charge in [-0.2, -0.15) is 5.26 Å². The molecule has 39 heavy (non-hydrogen) atoms.